The third kappa shape index (κ3) is 3.92. The summed E-state index contributed by atoms with van der Waals surface area (Å²) >= 11 is 0. The molecule has 0 unspecified atom stereocenters. The molecule has 1 saturated heterocycles. The first-order valence-corrected chi connectivity index (χ1v) is 9.38. The molecule has 1 heterocycles. The minimum Gasteiger partial charge on any atom is -0.497 e. The standard InChI is InChI=1S/C22H27NO5/c1-5-28-22(24)20-17(15-8-11-18(26-3)19(12-15)27-4)13-23-21(20)14-6-9-16(25-2)10-7-14/h6-12,17,20-21,23H,5,13H2,1-4H3/t17-,20+,21+/m1/s1. The second kappa shape index (κ2) is 8.97. The second-order valence-electron chi connectivity index (χ2n) is 6.66. The molecule has 2 aromatic carbocycles. The number of esters is 1. The molecule has 1 fully saturated rings. The highest BCUT2D eigenvalue weighted by atomic mass is 16.5. The smallest absolute Gasteiger partial charge is 0.311 e. The van der Waals surface area contributed by atoms with Gasteiger partial charge in [-0.1, -0.05) is 18.2 Å². The Labute approximate surface area is 165 Å². The van der Waals surface area contributed by atoms with Crippen LogP contribution in [0.15, 0.2) is 42.5 Å². The molecule has 2 aromatic rings. The average molecular weight is 385 g/mol. The highest BCUT2D eigenvalue weighted by Gasteiger charge is 2.43. The molecule has 0 spiro atoms. The predicted octanol–water partition coefficient (Wildman–Crippen LogP) is 3.32. The van der Waals surface area contributed by atoms with E-state index in [-0.39, 0.29) is 23.8 Å². The lowest BCUT2D eigenvalue weighted by Gasteiger charge is -2.23. The highest BCUT2D eigenvalue weighted by Crippen LogP contribution is 2.42. The summed E-state index contributed by atoms with van der Waals surface area (Å²) in [5.41, 5.74) is 2.04. The molecule has 1 aliphatic rings. The van der Waals surface area contributed by atoms with E-state index in [2.05, 4.69) is 5.32 Å². The topological polar surface area (TPSA) is 66.0 Å². The van der Waals surface area contributed by atoms with Gasteiger partial charge in [-0.2, -0.15) is 0 Å². The molecule has 0 radical (unpaired) electrons. The molecule has 150 valence electrons. The van der Waals surface area contributed by atoms with Crippen molar-refractivity contribution in [1.29, 1.82) is 0 Å². The summed E-state index contributed by atoms with van der Waals surface area (Å²) in [4.78, 5) is 12.9. The van der Waals surface area contributed by atoms with E-state index in [9.17, 15) is 4.79 Å². The van der Waals surface area contributed by atoms with Crippen LogP contribution in [0.2, 0.25) is 0 Å². The number of methoxy groups -OCH3 is 3. The van der Waals surface area contributed by atoms with E-state index in [0.717, 1.165) is 16.9 Å². The average Bonchev–Trinajstić information content (AvgIpc) is 3.18. The largest absolute Gasteiger partial charge is 0.497 e. The molecule has 1 aliphatic heterocycles. The zero-order valence-electron chi connectivity index (χ0n) is 16.7. The van der Waals surface area contributed by atoms with E-state index in [1.54, 1.807) is 21.3 Å². The zero-order chi connectivity index (χ0) is 20.1. The van der Waals surface area contributed by atoms with Crippen LogP contribution in [-0.4, -0.2) is 40.5 Å². The Morgan fingerprint density at radius 3 is 2.25 bits per heavy atom. The Hall–Kier alpha value is -2.73. The van der Waals surface area contributed by atoms with Gasteiger partial charge in [0.2, 0.25) is 0 Å². The summed E-state index contributed by atoms with van der Waals surface area (Å²) < 4.78 is 21.4. The van der Waals surface area contributed by atoms with Crippen LogP contribution in [0.1, 0.15) is 30.0 Å². The van der Waals surface area contributed by atoms with Crippen molar-refractivity contribution in [2.45, 2.75) is 18.9 Å². The number of benzene rings is 2. The highest BCUT2D eigenvalue weighted by molar-refractivity contribution is 5.76. The van der Waals surface area contributed by atoms with Crippen LogP contribution in [-0.2, 0) is 9.53 Å². The second-order valence-corrected chi connectivity index (χ2v) is 6.66. The van der Waals surface area contributed by atoms with Crippen molar-refractivity contribution in [2.75, 3.05) is 34.5 Å². The van der Waals surface area contributed by atoms with Gasteiger partial charge in [0.05, 0.1) is 33.9 Å². The summed E-state index contributed by atoms with van der Waals surface area (Å²) in [6.07, 6.45) is 0. The number of ether oxygens (including phenoxy) is 4. The third-order valence-electron chi connectivity index (χ3n) is 5.22. The van der Waals surface area contributed by atoms with Crippen molar-refractivity contribution < 1.29 is 23.7 Å². The Kier molecular flexibility index (Phi) is 6.41. The maximum Gasteiger partial charge on any atom is 0.311 e. The summed E-state index contributed by atoms with van der Waals surface area (Å²) in [6, 6.07) is 13.4. The molecular formula is C22H27NO5. The first-order valence-electron chi connectivity index (χ1n) is 9.38. The van der Waals surface area contributed by atoms with Crippen LogP contribution in [0, 0.1) is 5.92 Å². The molecule has 3 rings (SSSR count). The number of carbonyl (C=O) groups excluding carboxylic acids is 1. The quantitative estimate of drug-likeness (QED) is 0.738. The third-order valence-corrected chi connectivity index (χ3v) is 5.22. The van der Waals surface area contributed by atoms with Crippen molar-refractivity contribution in [3.8, 4) is 17.2 Å². The van der Waals surface area contributed by atoms with E-state index < -0.39 is 0 Å². The van der Waals surface area contributed by atoms with Crippen molar-refractivity contribution in [3.05, 3.63) is 53.6 Å². The van der Waals surface area contributed by atoms with Gasteiger partial charge in [-0.25, -0.2) is 0 Å². The van der Waals surface area contributed by atoms with Gasteiger partial charge in [-0.15, -0.1) is 0 Å². The first-order chi connectivity index (χ1) is 13.6. The van der Waals surface area contributed by atoms with Crippen LogP contribution in [0.5, 0.6) is 17.2 Å². The van der Waals surface area contributed by atoms with Crippen LogP contribution in [0.4, 0.5) is 0 Å². The molecule has 6 nitrogen and oxygen atoms in total. The number of hydrogen-bond acceptors (Lipinski definition) is 6. The number of nitrogens with one attached hydrogen (secondary N) is 1. The fraction of sp³-hybridized carbons (Fsp3) is 0.409. The van der Waals surface area contributed by atoms with Crippen LogP contribution in [0.3, 0.4) is 0 Å². The SMILES string of the molecule is CCOC(=O)[C@H]1[C@@H](c2ccc(OC)c(OC)c2)CN[C@H]1c1ccc(OC)cc1. The van der Waals surface area contributed by atoms with Gasteiger partial charge in [-0.05, 0) is 42.3 Å². The molecule has 3 atom stereocenters. The maximum absolute atomic E-state index is 12.9. The van der Waals surface area contributed by atoms with Gasteiger partial charge in [0, 0.05) is 18.5 Å². The predicted molar refractivity (Wildman–Crippen MR) is 106 cm³/mol. The lowest BCUT2D eigenvalue weighted by molar-refractivity contribution is -0.148. The molecule has 28 heavy (non-hydrogen) atoms. The maximum atomic E-state index is 12.9. The summed E-state index contributed by atoms with van der Waals surface area (Å²) in [6.45, 7) is 2.84. The van der Waals surface area contributed by atoms with E-state index in [1.165, 1.54) is 0 Å². The minimum atomic E-state index is -0.341. The van der Waals surface area contributed by atoms with E-state index in [1.807, 2.05) is 49.4 Å². The van der Waals surface area contributed by atoms with Crippen LogP contribution in [0.25, 0.3) is 0 Å². The molecule has 0 bridgehead atoms. The number of rotatable bonds is 7. The van der Waals surface area contributed by atoms with E-state index in [0.29, 0.717) is 24.7 Å². The normalized spacial score (nSPS) is 21.2. The Bertz CT molecular complexity index is 805. The van der Waals surface area contributed by atoms with Crippen molar-refractivity contribution in [1.82, 2.24) is 5.32 Å². The molecule has 0 amide bonds. The van der Waals surface area contributed by atoms with Crippen LogP contribution < -0.4 is 19.5 Å². The molecule has 0 saturated carbocycles. The summed E-state index contributed by atoms with van der Waals surface area (Å²) in [5.74, 6) is 1.52. The molecule has 1 N–H and O–H groups in total. The van der Waals surface area contributed by atoms with Gasteiger partial charge in [0.1, 0.15) is 5.75 Å². The van der Waals surface area contributed by atoms with Gasteiger partial charge >= 0.3 is 5.97 Å². The van der Waals surface area contributed by atoms with Gasteiger partial charge in [0.25, 0.3) is 0 Å². The fourth-order valence-electron chi connectivity index (χ4n) is 3.82. The van der Waals surface area contributed by atoms with E-state index >= 15 is 0 Å². The summed E-state index contributed by atoms with van der Waals surface area (Å²) in [5, 5.41) is 3.50. The van der Waals surface area contributed by atoms with Gasteiger partial charge in [0.15, 0.2) is 11.5 Å². The van der Waals surface area contributed by atoms with Crippen molar-refractivity contribution in [2.24, 2.45) is 5.92 Å². The van der Waals surface area contributed by atoms with Crippen molar-refractivity contribution in [3.63, 3.8) is 0 Å². The van der Waals surface area contributed by atoms with Crippen LogP contribution >= 0.6 is 0 Å². The zero-order valence-corrected chi connectivity index (χ0v) is 16.7. The monoisotopic (exact) mass is 385 g/mol. The lowest BCUT2D eigenvalue weighted by Crippen LogP contribution is -2.27. The van der Waals surface area contributed by atoms with Gasteiger partial charge < -0.3 is 24.3 Å². The molecule has 0 aliphatic carbocycles. The van der Waals surface area contributed by atoms with Gasteiger partial charge in [-0.3, -0.25) is 4.79 Å². The molecular weight excluding hydrogens is 358 g/mol. The number of hydrogen-bond donors (Lipinski definition) is 1. The Morgan fingerprint density at radius 1 is 0.964 bits per heavy atom. The molecule has 6 heteroatoms. The minimum absolute atomic E-state index is 0.0362. The van der Waals surface area contributed by atoms with Crippen molar-refractivity contribution >= 4 is 5.97 Å². The lowest BCUT2D eigenvalue weighted by atomic mass is 9.82. The Balaban J connectivity index is 1.95. The summed E-state index contributed by atoms with van der Waals surface area (Å²) in [7, 11) is 4.85. The molecule has 0 aromatic heterocycles. The first kappa shape index (κ1) is 20.0. The number of carbonyl (C=O) groups is 1. The van der Waals surface area contributed by atoms with E-state index in [4.69, 9.17) is 18.9 Å². The fourth-order valence-corrected chi connectivity index (χ4v) is 3.82. The Morgan fingerprint density at radius 2 is 1.64 bits per heavy atom.